The number of aryl methyl sites for hydroxylation is 1. The maximum Gasteiger partial charge on any atom is 0.328 e. The molecule has 316 valence electrons. The van der Waals surface area contributed by atoms with Gasteiger partial charge in [-0.1, -0.05) is 48.4 Å². The second-order valence-electron chi connectivity index (χ2n) is 16.3. The van der Waals surface area contributed by atoms with Crippen LogP contribution in [0.4, 0.5) is 4.79 Å². The van der Waals surface area contributed by atoms with E-state index in [0.717, 1.165) is 16.6 Å². The summed E-state index contributed by atoms with van der Waals surface area (Å²) in [6, 6.07) is 18.9. The number of likely N-dealkylation sites (tertiary alicyclic amines) is 2. The molecule has 0 bridgehead atoms. The van der Waals surface area contributed by atoms with Crippen molar-refractivity contribution < 1.29 is 28.8 Å². The number of hydrogen-bond acceptors (Lipinski definition) is 11. The number of likely N-dealkylation sites (N-methyl/N-ethyl adjacent to an activating group) is 1. The fourth-order valence-corrected chi connectivity index (χ4v) is 9.38. The molecule has 1 aromatic heterocycles. The number of hydrogen-bond donors (Lipinski definition) is 1. The normalized spacial score (nSPS) is 22.4. The van der Waals surface area contributed by atoms with Crippen LogP contribution in [0.5, 0.6) is 0 Å². The highest BCUT2D eigenvalue weighted by molar-refractivity contribution is 6.21. The maximum absolute atomic E-state index is 14.4. The fourth-order valence-electron chi connectivity index (χ4n) is 9.38. The summed E-state index contributed by atoms with van der Waals surface area (Å²) >= 11 is 0. The molecule has 4 aromatic rings. The number of urea groups is 1. The minimum absolute atomic E-state index is 0.105. The number of carbonyl (C=O) groups is 6. The molecule has 5 aliphatic heterocycles. The molecule has 3 saturated heterocycles. The molecule has 3 fully saturated rings. The number of piperidine rings is 2. The van der Waals surface area contributed by atoms with Crippen molar-refractivity contribution in [3.63, 3.8) is 0 Å². The van der Waals surface area contributed by atoms with Gasteiger partial charge < -0.3 is 24.9 Å². The van der Waals surface area contributed by atoms with E-state index in [4.69, 9.17) is 4.99 Å². The first-order valence-corrected chi connectivity index (χ1v) is 21.0. The first-order chi connectivity index (χ1) is 30.0. The third-order valence-corrected chi connectivity index (χ3v) is 12.5. The number of nitrogens with zero attached hydrogens (tertiary/aromatic N) is 9. The highest BCUT2D eigenvalue weighted by Crippen LogP contribution is 2.32. The Labute approximate surface area is 358 Å². The molecule has 1 N–H and O–H groups in total. The van der Waals surface area contributed by atoms with Crippen molar-refractivity contribution in [2.24, 2.45) is 4.99 Å². The average Bonchev–Trinajstić information content (AvgIpc) is 3.80. The van der Waals surface area contributed by atoms with Gasteiger partial charge in [0.25, 0.3) is 29.5 Å². The van der Waals surface area contributed by atoms with E-state index in [1.807, 2.05) is 41.0 Å². The topological polar surface area (TPSA) is 172 Å². The molecule has 3 aromatic carbocycles. The molecule has 9 rings (SSSR count). The third-order valence-electron chi connectivity index (χ3n) is 12.5. The predicted octanol–water partition coefficient (Wildman–Crippen LogP) is 3.52. The van der Waals surface area contributed by atoms with Gasteiger partial charge in [-0.05, 0) is 69.9 Å². The van der Waals surface area contributed by atoms with Crippen LogP contribution < -0.4 is 5.32 Å². The SMILES string of the molecule is CC#CCN1C(N2CCC[C@@H](NC(=O)c3ccccc3C(=O)N3CCC[C@@H](N4C(=O)c5ccccc5C4=O)C3)C2)=NC2C1C(=O)N(Cc1nc(C)c3ccccc3n1)C(=O)N2C. The van der Waals surface area contributed by atoms with Gasteiger partial charge in [-0.2, -0.15) is 0 Å². The lowest BCUT2D eigenvalue weighted by molar-refractivity contribution is -0.138. The van der Waals surface area contributed by atoms with E-state index >= 15 is 0 Å². The summed E-state index contributed by atoms with van der Waals surface area (Å²) in [5, 5.41) is 4.05. The molecule has 6 heterocycles. The first kappa shape index (κ1) is 40.3. The lowest BCUT2D eigenvalue weighted by atomic mass is 10.00. The summed E-state index contributed by atoms with van der Waals surface area (Å²) < 4.78 is 0. The summed E-state index contributed by atoms with van der Waals surface area (Å²) in [6.07, 6.45) is 1.74. The number of amides is 7. The van der Waals surface area contributed by atoms with Crippen molar-refractivity contribution in [2.45, 2.75) is 70.4 Å². The molecule has 5 aliphatic rings. The predicted molar refractivity (Wildman–Crippen MR) is 228 cm³/mol. The summed E-state index contributed by atoms with van der Waals surface area (Å²) in [4.78, 5) is 107. The van der Waals surface area contributed by atoms with Crippen molar-refractivity contribution in [3.8, 4) is 11.8 Å². The quantitative estimate of drug-likeness (QED) is 0.215. The summed E-state index contributed by atoms with van der Waals surface area (Å²) in [7, 11) is 1.63. The second kappa shape index (κ2) is 16.4. The standard InChI is InChI=1S/C46H46N10O6/c1-4-5-24-54-38-39(51(3)46(62)55(44(38)61)27-37-47-28(2)31-16-10-11-21-36(31)49-37)50-45(54)53-23-12-14-29(25-53)48-40(57)32-17-6-7-18-33(32)41(58)52-22-13-15-30(26-52)56-42(59)34-19-8-9-20-35(34)43(56)60/h6-11,16-21,29-30,38-39H,12-15,22-27H2,1-3H3,(H,48,57)/t29-,30-,38?,39?/m1/s1. The van der Waals surface area contributed by atoms with Crippen LogP contribution >= 0.6 is 0 Å². The molecule has 62 heavy (non-hydrogen) atoms. The number of rotatable bonds is 7. The van der Waals surface area contributed by atoms with Crippen molar-refractivity contribution in [2.75, 3.05) is 39.8 Å². The van der Waals surface area contributed by atoms with Crippen LogP contribution in [0.1, 0.15) is 85.6 Å². The first-order valence-electron chi connectivity index (χ1n) is 21.0. The zero-order valence-electron chi connectivity index (χ0n) is 34.8. The Kier molecular flexibility index (Phi) is 10.6. The monoisotopic (exact) mass is 834 g/mol. The third kappa shape index (κ3) is 7.06. The van der Waals surface area contributed by atoms with Crippen LogP contribution in [0.25, 0.3) is 10.9 Å². The zero-order valence-corrected chi connectivity index (χ0v) is 34.8. The van der Waals surface area contributed by atoms with E-state index in [2.05, 4.69) is 27.1 Å². The van der Waals surface area contributed by atoms with Crippen LogP contribution in [0.15, 0.2) is 77.8 Å². The van der Waals surface area contributed by atoms with Crippen LogP contribution in [0.2, 0.25) is 0 Å². The maximum atomic E-state index is 14.4. The lowest BCUT2D eigenvalue weighted by Crippen LogP contribution is -2.65. The number of aliphatic imine (C=N–C) groups is 1. The van der Waals surface area contributed by atoms with Crippen molar-refractivity contribution >= 4 is 52.4 Å². The van der Waals surface area contributed by atoms with Gasteiger partial charge in [0.05, 0.1) is 46.9 Å². The Balaban J connectivity index is 0.894. The number of nitrogens with one attached hydrogen (secondary N) is 1. The highest BCUT2D eigenvalue weighted by Gasteiger charge is 2.53. The van der Waals surface area contributed by atoms with E-state index in [1.165, 1.54) is 14.7 Å². The summed E-state index contributed by atoms with van der Waals surface area (Å²) in [5.41, 5.74) is 2.66. The zero-order chi connectivity index (χ0) is 43.2. The van der Waals surface area contributed by atoms with Crippen molar-refractivity contribution in [1.82, 2.24) is 44.7 Å². The van der Waals surface area contributed by atoms with Crippen molar-refractivity contribution in [3.05, 3.63) is 107 Å². The van der Waals surface area contributed by atoms with Crippen LogP contribution in [0, 0.1) is 18.8 Å². The number of para-hydroxylation sites is 1. The Morgan fingerprint density at radius 2 is 1.53 bits per heavy atom. The lowest BCUT2D eigenvalue weighted by Gasteiger charge is -2.42. The molecule has 7 amide bonds. The minimum Gasteiger partial charge on any atom is -0.348 e. The number of benzene rings is 3. The minimum atomic E-state index is -0.839. The number of aromatic nitrogens is 2. The molecular weight excluding hydrogens is 789 g/mol. The second-order valence-corrected chi connectivity index (χ2v) is 16.3. The molecule has 16 nitrogen and oxygen atoms in total. The average molecular weight is 835 g/mol. The van der Waals surface area contributed by atoms with E-state index in [0.29, 0.717) is 68.2 Å². The van der Waals surface area contributed by atoms with Gasteiger partial charge >= 0.3 is 6.03 Å². The van der Waals surface area contributed by atoms with Gasteiger partial charge in [0, 0.05) is 50.3 Å². The molecule has 0 aliphatic carbocycles. The van der Waals surface area contributed by atoms with Crippen LogP contribution in [-0.4, -0.2) is 145 Å². The van der Waals surface area contributed by atoms with Gasteiger partial charge in [-0.3, -0.25) is 33.8 Å². The van der Waals surface area contributed by atoms with Crippen LogP contribution in [0.3, 0.4) is 0 Å². The number of carbonyl (C=O) groups excluding carboxylic acids is 6. The van der Waals surface area contributed by atoms with Gasteiger partial charge in [0.15, 0.2) is 12.2 Å². The number of guanidine groups is 1. The van der Waals surface area contributed by atoms with Gasteiger partial charge in [-0.25, -0.2) is 19.8 Å². The Hall–Kier alpha value is -7.15. The molecule has 16 heteroatoms. The van der Waals surface area contributed by atoms with E-state index in [9.17, 15) is 28.8 Å². The van der Waals surface area contributed by atoms with E-state index in [-0.39, 0.29) is 54.5 Å². The fraction of sp³-hybridized carbons (Fsp3) is 0.370. The summed E-state index contributed by atoms with van der Waals surface area (Å²) in [5.74, 6) is 5.00. The van der Waals surface area contributed by atoms with Gasteiger partial charge in [0.2, 0.25) is 5.96 Å². The number of fused-ring (bicyclic) bond motifs is 3. The Morgan fingerprint density at radius 1 is 0.839 bits per heavy atom. The molecular formula is C46H46N10O6. The van der Waals surface area contributed by atoms with E-state index in [1.54, 1.807) is 67.4 Å². The highest BCUT2D eigenvalue weighted by atomic mass is 16.2. The van der Waals surface area contributed by atoms with Crippen molar-refractivity contribution in [1.29, 1.82) is 0 Å². The molecule has 0 radical (unpaired) electrons. The van der Waals surface area contributed by atoms with Gasteiger partial charge in [-0.15, -0.1) is 5.92 Å². The number of imide groups is 2. The molecule has 0 spiro atoms. The smallest absolute Gasteiger partial charge is 0.328 e. The van der Waals surface area contributed by atoms with Crippen LogP contribution in [-0.2, 0) is 11.3 Å². The molecule has 4 atom stereocenters. The largest absolute Gasteiger partial charge is 0.348 e. The Bertz CT molecular complexity index is 2600. The Morgan fingerprint density at radius 3 is 2.29 bits per heavy atom. The molecule has 0 saturated carbocycles. The van der Waals surface area contributed by atoms with Gasteiger partial charge in [0.1, 0.15) is 5.82 Å². The summed E-state index contributed by atoms with van der Waals surface area (Å²) in [6.45, 7) is 5.24. The van der Waals surface area contributed by atoms with E-state index < -0.39 is 36.1 Å². The molecule has 2 unspecified atom stereocenters.